The third-order valence-corrected chi connectivity index (χ3v) is 1.98. The molecule has 4 nitrogen and oxygen atoms in total. The molecule has 0 amide bonds. The lowest BCUT2D eigenvalue weighted by atomic mass is 10.1. The van der Waals surface area contributed by atoms with Crippen LogP contribution in [0.4, 0.5) is 0 Å². The molecular weight excluding hydrogens is 154 g/mol. The monoisotopic (exact) mass is 169 g/mol. The molecule has 68 valence electrons. The number of hydrogen-bond acceptors (Lipinski definition) is 3. The van der Waals surface area contributed by atoms with Crippen LogP contribution in [-0.2, 0) is 11.3 Å². The van der Waals surface area contributed by atoms with Crippen molar-refractivity contribution >= 4 is 0 Å². The van der Waals surface area contributed by atoms with Gasteiger partial charge in [-0.2, -0.15) is 5.10 Å². The van der Waals surface area contributed by atoms with Gasteiger partial charge in [-0.15, -0.1) is 0 Å². The molecule has 0 aliphatic carbocycles. The SMILES string of the molecule is COC(C)(CN)Cn1cccn1. The first kappa shape index (κ1) is 9.22. The van der Waals surface area contributed by atoms with Crippen molar-refractivity contribution in [2.75, 3.05) is 13.7 Å². The third kappa shape index (κ3) is 2.06. The summed E-state index contributed by atoms with van der Waals surface area (Å²) < 4.78 is 7.09. The van der Waals surface area contributed by atoms with Gasteiger partial charge in [0, 0.05) is 26.0 Å². The van der Waals surface area contributed by atoms with Gasteiger partial charge in [-0.1, -0.05) is 0 Å². The summed E-state index contributed by atoms with van der Waals surface area (Å²) in [6.45, 7) is 3.14. The van der Waals surface area contributed by atoms with Crippen LogP contribution >= 0.6 is 0 Å². The number of ether oxygens (including phenoxy) is 1. The first-order valence-corrected chi connectivity index (χ1v) is 3.93. The lowest BCUT2D eigenvalue weighted by molar-refractivity contribution is -0.00308. The van der Waals surface area contributed by atoms with Crippen LogP contribution < -0.4 is 5.73 Å². The van der Waals surface area contributed by atoms with Gasteiger partial charge in [-0.05, 0) is 13.0 Å². The number of hydrogen-bond donors (Lipinski definition) is 1. The van der Waals surface area contributed by atoms with E-state index >= 15 is 0 Å². The van der Waals surface area contributed by atoms with Crippen LogP contribution in [0.1, 0.15) is 6.92 Å². The van der Waals surface area contributed by atoms with Crippen molar-refractivity contribution in [2.45, 2.75) is 19.1 Å². The van der Waals surface area contributed by atoms with Gasteiger partial charge >= 0.3 is 0 Å². The van der Waals surface area contributed by atoms with E-state index in [1.54, 1.807) is 13.3 Å². The normalized spacial score (nSPS) is 15.9. The lowest BCUT2D eigenvalue weighted by Crippen LogP contribution is -2.40. The van der Waals surface area contributed by atoms with Crippen LogP contribution in [-0.4, -0.2) is 29.0 Å². The standard InChI is InChI=1S/C8H15N3O/c1-8(6-9,12-2)7-11-5-3-4-10-11/h3-5H,6-7,9H2,1-2H3. The fourth-order valence-corrected chi connectivity index (χ4v) is 0.949. The molecule has 4 heteroatoms. The molecule has 1 aromatic heterocycles. The molecule has 1 rings (SSSR count). The minimum atomic E-state index is -0.313. The molecule has 0 aliphatic heterocycles. The predicted octanol–water partition coefficient (Wildman–Crippen LogP) is 0.247. The highest BCUT2D eigenvalue weighted by molar-refractivity contribution is 4.82. The van der Waals surface area contributed by atoms with E-state index in [2.05, 4.69) is 5.10 Å². The summed E-state index contributed by atoms with van der Waals surface area (Å²) in [4.78, 5) is 0. The van der Waals surface area contributed by atoms with E-state index in [0.717, 1.165) is 0 Å². The fourth-order valence-electron chi connectivity index (χ4n) is 0.949. The smallest absolute Gasteiger partial charge is 0.0967 e. The largest absolute Gasteiger partial charge is 0.375 e. The van der Waals surface area contributed by atoms with E-state index in [1.165, 1.54) is 0 Å². The Morgan fingerprint density at radius 1 is 1.67 bits per heavy atom. The Bertz CT molecular complexity index is 216. The van der Waals surface area contributed by atoms with E-state index in [1.807, 2.05) is 23.9 Å². The van der Waals surface area contributed by atoms with E-state index < -0.39 is 0 Å². The summed E-state index contributed by atoms with van der Waals surface area (Å²) in [6, 6.07) is 1.88. The van der Waals surface area contributed by atoms with Crippen LogP contribution in [0.2, 0.25) is 0 Å². The average molecular weight is 169 g/mol. The highest BCUT2D eigenvalue weighted by Gasteiger charge is 2.21. The van der Waals surface area contributed by atoms with Gasteiger partial charge in [-0.25, -0.2) is 0 Å². The Morgan fingerprint density at radius 2 is 2.42 bits per heavy atom. The van der Waals surface area contributed by atoms with E-state index in [4.69, 9.17) is 10.5 Å². The zero-order valence-electron chi connectivity index (χ0n) is 7.53. The van der Waals surface area contributed by atoms with Crippen molar-refractivity contribution < 1.29 is 4.74 Å². The predicted molar refractivity (Wildman–Crippen MR) is 46.7 cm³/mol. The Balaban J connectivity index is 2.60. The van der Waals surface area contributed by atoms with Crippen LogP contribution in [0.25, 0.3) is 0 Å². The maximum atomic E-state index is 5.57. The number of rotatable bonds is 4. The Hall–Kier alpha value is -0.870. The second kappa shape index (κ2) is 3.69. The lowest BCUT2D eigenvalue weighted by Gasteiger charge is -2.25. The second-order valence-corrected chi connectivity index (χ2v) is 3.06. The minimum absolute atomic E-state index is 0.313. The Morgan fingerprint density at radius 3 is 2.83 bits per heavy atom. The number of nitrogens with zero attached hydrogens (tertiary/aromatic N) is 2. The first-order chi connectivity index (χ1) is 5.70. The van der Waals surface area contributed by atoms with Crippen molar-refractivity contribution in [3.63, 3.8) is 0 Å². The summed E-state index contributed by atoms with van der Waals surface area (Å²) >= 11 is 0. The quantitative estimate of drug-likeness (QED) is 0.702. The van der Waals surface area contributed by atoms with Gasteiger partial charge in [0.2, 0.25) is 0 Å². The van der Waals surface area contributed by atoms with E-state index in [-0.39, 0.29) is 5.60 Å². The van der Waals surface area contributed by atoms with Gasteiger partial charge in [0.1, 0.15) is 0 Å². The molecule has 0 bridgehead atoms. The third-order valence-electron chi connectivity index (χ3n) is 1.98. The average Bonchev–Trinajstić information content (AvgIpc) is 2.57. The zero-order valence-corrected chi connectivity index (χ0v) is 7.53. The molecular formula is C8H15N3O. The second-order valence-electron chi connectivity index (χ2n) is 3.06. The molecule has 0 saturated carbocycles. The van der Waals surface area contributed by atoms with Gasteiger partial charge in [-0.3, -0.25) is 4.68 Å². The molecule has 1 heterocycles. The van der Waals surface area contributed by atoms with Gasteiger partial charge < -0.3 is 10.5 Å². The Labute approximate surface area is 72.3 Å². The van der Waals surface area contributed by atoms with Gasteiger partial charge in [0.15, 0.2) is 0 Å². The zero-order chi connectivity index (χ0) is 9.03. The van der Waals surface area contributed by atoms with Crippen molar-refractivity contribution in [1.29, 1.82) is 0 Å². The summed E-state index contributed by atoms with van der Waals surface area (Å²) in [5.41, 5.74) is 5.25. The molecule has 0 saturated heterocycles. The van der Waals surface area contributed by atoms with Crippen molar-refractivity contribution in [3.8, 4) is 0 Å². The molecule has 2 N–H and O–H groups in total. The van der Waals surface area contributed by atoms with Crippen molar-refractivity contribution in [1.82, 2.24) is 9.78 Å². The molecule has 0 aromatic carbocycles. The molecule has 0 fully saturated rings. The summed E-state index contributed by atoms with van der Waals surface area (Å²) in [5, 5.41) is 4.08. The Kier molecular flexibility index (Phi) is 2.83. The van der Waals surface area contributed by atoms with E-state index in [9.17, 15) is 0 Å². The van der Waals surface area contributed by atoms with Crippen LogP contribution in [0, 0.1) is 0 Å². The maximum absolute atomic E-state index is 5.57. The summed E-state index contributed by atoms with van der Waals surface area (Å²) in [5.74, 6) is 0. The van der Waals surface area contributed by atoms with Crippen LogP contribution in [0.15, 0.2) is 18.5 Å². The fraction of sp³-hybridized carbons (Fsp3) is 0.625. The molecule has 0 aliphatic rings. The molecule has 0 radical (unpaired) electrons. The minimum Gasteiger partial charge on any atom is -0.375 e. The highest BCUT2D eigenvalue weighted by atomic mass is 16.5. The number of methoxy groups -OCH3 is 1. The van der Waals surface area contributed by atoms with Crippen molar-refractivity contribution in [3.05, 3.63) is 18.5 Å². The molecule has 1 unspecified atom stereocenters. The highest BCUT2D eigenvalue weighted by Crippen LogP contribution is 2.09. The van der Waals surface area contributed by atoms with Crippen LogP contribution in [0.3, 0.4) is 0 Å². The van der Waals surface area contributed by atoms with Gasteiger partial charge in [0.25, 0.3) is 0 Å². The van der Waals surface area contributed by atoms with Crippen LogP contribution in [0.5, 0.6) is 0 Å². The number of nitrogens with two attached hydrogens (primary N) is 1. The van der Waals surface area contributed by atoms with E-state index in [0.29, 0.717) is 13.1 Å². The molecule has 12 heavy (non-hydrogen) atoms. The summed E-state index contributed by atoms with van der Waals surface area (Å²) in [6.07, 6.45) is 3.64. The number of aromatic nitrogens is 2. The maximum Gasteiger partial charge on any atom is 0.0967 e. The molecule has 0 spiro atoms. The van der Waals surface area contributed by atoms with Crippen molar-refractivity contribution in [2.24, 2.45) is 5.73 Å². The molecule has 1 aromatic rings. The summed E-state index contributed by atoms with van der Waals surface area (Å²) in [7, 11) is 1.66. The van der Waals surface area contributed by atoms with Gasteiger partial charge in [0.05, 0.1) is 12.1 Å². The topological polar surface area (TPSA) is 53.1 Å². The first-order valence-electron chi connectivity index (χ1n) is 3.93. The molecule has 1 atom stereocenters.